The van der Waals surface area contributed by atoms with Gasteiger partial charge in [0.1, 0.15) is 0 Å². The molecule has 0 atom stereocenters. The van der Waals surface area contributed by atoms with Gasteiger partial charge in [-0.3, -0.25) is 0 Å². The second kappa shape index (κ2) is 15.0. The van der Waals surface area contributed by atoms with Crippen molar-refractivity contribution in [3.05, 3.63) is 67.9 Å². The molecule has 0 radical (unpaired) electrons. The molecule has 0 saturated carbocycles. The van der Waals surface area contributed by atoms with Crippen LogP contribution in [0, 0.1) is 0 Å². The highest BCUT2D eigenvalue weighted by molar-refractivity contribution is 5.14. The molecule has 0 saturated heterocycles. The highest BCUT2D eigenvalue weighted by Gasteiger charge is 1.87. The van der Waals surface area contributed by atoms with Crippen LogP contribution in [0.25, 0.3) is 0 Å². The van der Waals surface area contributed by atoms with Crippen LogP contribution >= 0.6 is 0 Å². The number of benzene rings is 1. The molecule has 0 spiro atoms. The first-order valence-corrected chi connectivity index (χ1v) is 5.18. The molecular weight excluding hydrogens is 180 g/mol. The van der Waals surface area contributed by atoms with Crippen molar-refractivity contribution in [2.75, 3.05) is 0 Å². The molecule has 0 aromatic heterocycles. The third kappa shape index (κ3) is 12.5. The zero-order chi connectivity index (χ0) is 11.9. The standard InChI is InChI=1S/C10H14.C3H4.C2H4/c1-2-3-7-10-8-5-4-6-9-10;1-3-2;1-2/h4-6,8-9H,2-3,7H2,1H3;1-2H2;1-2H2. The molecule has 0 N–H and O–H groups in total. The van der Waals surface area contributed by atoms with Crippen molar-refractivity contribution in [1.82, 2.24) is 0 Å². The minimum atomic E-state index is 1.23. The van der Waals surface area contributed by atoms with Gasteiger partial charge >= 0.3 is 0 Å². The smallest absolute Gasteiger partial charge is 0.0279 e. The van der Waals surface area contributed by atoms with E-state index in [-0.39, 0.29) is 0 Å². The van der Waals surface area contributed by atoms with E-state index in [2.05, 4.69) is 69.3 Å². The van der Waals surface area contributed by atoms with Gasteiger partial charge in [0.2, 0.25) is 0 Å². The Morgan fingerprint density at radius 2 is 1.53 bits per heavy atom. The summed E-state index contributed by atoms with van der Waals surface area (Å²) >= 11 is 0. The van der Waals surface area contributed by atoms with Gasteiger partial charge < -0.3 is 0 Å². The van der Waals surface area contributed by atoms with Crippen molar-refractivity contribution in [2.45, 2.75) is 26.2 Å². The first-order valence-electron chi connectivity index (χ1n) is 5.18. The number of hydrogen-bond acceptors (Lipinski definition) is 0. The van der Waals surface area contributed by atoms with E-state index >= 15 is 0 Å². The van der Waals surface area contributed by atoms with Gasteiger partial charge in [0.15, 0.2) is 0 Å². The van der Waals surface area contributed by atoms with Crippen molar-refractivity contribution in [2.24, 2.45) is 0 Å². The van der Waals surface area contributed by atoms with Crippen LogP contribution in [0.1, 0.15) is 25.3 Å². The number of hydrogen-bond donors (Lipinski definition) is 0. The molecule has 0 aliphatic carbocycles. The van der Waals surface area contributed by atoms with Gasteiger partial charge in [0, 0.05) is 0 Å². The van der Waals surface area contributed by atoms with E-state index in [9.17, 15) is 0 Å². The Morgan fingerprint density at radius 3 is 1.93 bits per heavy atom. The summed E-state index contributed by atoms with van der Waals surface area (Å²) in [5.74, 6) is 0. The summed E-state index contributed by atoms with van der Waals surface area (Å²) < 4.78 is 0. The summed E-state index contributed by atoms with van der Waals surface area (Å²) in [5, 5.41) is 0. The van der Waals surface area contributed by atoms with Gasteiger partial charge in [-0.15, -0.1) is 18.9 Å². The van der Waals surface area contributed by atoms with Gasteiger partial charge in [0.05, 0.1) is 0 Å². The maximum atomic E-state index is 3.12. The minimum Gasteiger partial charge on any atom is -0.137 e. The van der Waals surface area contributed by atoms with Crippen LogP contribution in [0.2, 0.25) is 0 Å². The molecule has 0 fully saturated rings. The van der Waals surface area contributed by atoms with Crippen LogP contribution in [-0.4, -0.2) is 0 Å². The van der Waals surface area contributed by atoms with E-state index < -0.39 is 0 Å². The van der Waals surface area contributed by atoms with Gasteiger partial charge in [-0.2, -0.15) is 0 Å². The highest BCUT2D eigenvalue weighted by atomic mass is 13.9. The summed E-state index contributed by atoms with van der Waals surface area (Å²) in [6.07, 6.45) is 3.83. The molecular formula is C15H22. The SMILES string of the molecule is C=C.C=C=C.CCCCc1ccccc1. The summed E-state index contributed by atoms with van der Waals surface area (Å²) in [5.41, 5.74) is 3.71. The number of unbranched alkanes of at least 4 members (excludes halogenated alkanes) is 1. The Kier molecular flexibility index (Phi) is 15.9. The molecule has 1 aromatic rings. The van der Waals surface area contributed by atoms with E-state index in [1.807, 2.05) is 0 Å². The van der Waals surface area contributed by atoms with Crippen molar-refractivity contribution in [3.63, 3.8) is 0 Å². The van der Waals surface area contributed by atoms with Crippen molar-refractivity contribution >= 4 is 0 Å². The molecule has 1 rings (SSSR count). The molecule has 1 aromatic carbocycles. The second-order valence-corrected chi connectivity index (χ2v) is 2.84. The largest absolute Gasteiger partial charge is 0.137 e. The van der Waals surface area contributed by atoms with Gasteiger partial charge in [-0.25, -0.2) is 0 Å². The maximum absolute atomic E-state index is 3.12. The Bertz CT molecular complexity index is 240. The lowest BCUT2D eigenvalue weighted by Gasteiger charge is -1.96. The van der Waals surface area contributed by atoms with Crippen LogP contribution in [0.3, 0.4) is 0 Å². The van der Waals surface area contributed by atoms with E-state index in [0.29, 0.717) is 0 Å². The lowest BCUT2D eigenvalue weighted by molar-refractivity contribution is 0.795. The fraction of sp³-hybridized carbons (Fsp3) is 0.267. The molecule has 15 heavy (non-hydrogen) atoms. The van der Waals surface area contributed by atoms with E-state index in [1.165, 1.54) is 24.8 Å². The lowest BCUT2D eigenvalue weighted by atomic mass is 10.1. The lowest BCUT2D eigenvalue weighted by Crippen LogP contribution is -1.81. The highest BCUT2D eigenvalue weighted by Crippen LogP contribution is 2.03. The van der Waals surface area contributed by atoms with Gasteiger partial charge in [-0.05, 0) is 18.4 Å². The van der Waals surface area contributed by atoms with Crippen LogP contribution in [0.5, 0.6) is 0 Å². The molecule has 0 aliphatic heterocycles. The summed E-state index contributed by atoms with van der Waals surface area (Å²) in [6, 6.07) is 10.6. The molecule has 0 heterocycles. The van der Waals surface area contributed by atoms with Gasteiger partial charge in [-0.1, -0.05) is 56.8 Å². The molecule has 0 nitrogen and oxygen atoms in total. The molecule has 0 amide bonds. The van der Waals surface area contributed by atoms with Gasteiger partial charge in [0.25, 0.3) is 0 Å². The monoisotopic (exact) mass is 202 g/mol. The number of rotatable bonds is 3. The predicted molar refractivity (Wildman–Crippen MR) is 71.1 cm³/mol. The fourth-order valence-corrected chi connectivity index (χ4v) is 1.03. The zero-order valence-electron chi connectivity index (χ0n) is 9.84. The first-order chi connectivity index (χ1) is 7.35. The van der Waals surface area contributed by atoms with Crippen molar-refractivity contribution in [1.29, 1.82) is 0 Å². The normalized spacial score (nSPS) is 7.27. The quantitative estimate of drug-likeness (QED) is 0.488. The topological polar surface area (TPSA) is 0 Å². The molecule has 0 heteroatoms. The van der Waals surface area contributed by atoms with Crippen molar-refractivity contribution < 1.29 is 0 Å². The maximum Gasteiger partial charge on any atom is -0.0279 e. The van der Waals surface area contributed by atoms with E-state index in [1.54, 1.807) is 0 Å². The Balaban J connectivity index is 0. The summed E-state index contributed by atoms with van der Waals surface area (Å²) in [4.78, 5) is 0. The van der Waals surface area contributed by atoms with Crippen LogP contribution in [0.15, 0.2) is 62.4 Å². The second-order valence-electron chi connectivity index (χ2n) is 2.84. The Labute approximate surface area is 94.7 Å². The Morgan fingerprint density at radius 1 is 1.07 bits per heavy atom. The fourth-order valence-electron chi connectivity index (χ4n) is 1.03. The average Bonchev–Trinajstić information content (AvgIpc) is 2.31. The summed E-state index contributed by atoms with van der Waals surface area (Å²) in [6.45, 7) is 14.5. The average molecular weight is 202 g/mol. The third-order valence-corrected chi connectivity index (χ3v) is 1.66. The zero-order valence-corrected chi connectivity index (χ0v) is 9.84. The molecule has 0 bridgehead atoms. The minimum absolute atomic E-state index is 1.23. The van der Waals surface area contributed by atoms with Crippen molar-refractivity contribution in [3.8, 4) is 0 Å². The molecule has 0 unspecified atom stereocenters. The summed E-state index contributed by atoms with van der Waals surface area (Å²) in [7, 11) is 0. The number of aryl methyl sites for hydroxylation is 1. The first kappa shape index (κ1) is 15.9. The van der Waals surface area contributed by atoms with E-state index in [0.717, 1.165) is 0 Å². The van der Waals surface area contributed by atoms with Crippen LogP contribution < -0.4 is 0 Å². The molecule has 0 aliphatic rings. The third-order valence-electron chi connectivity index (χ3n) is 1.66. The molecule has 82 valence electrons. The van der Waals surface area contributed by atoms with Crippen LogP contribution in [0.4, 0.5) is 0 Å². The van der Waals surface area contributed by atoms with Crippen LogP contribution in [-0.2, 0) is 6.42 Å². The Hall–Kier alpha value is -1.52. The van der Waals surface area contributed by atoms with E-state index in [4.69, 9.17) is 0 Å². The predicted octanol–water partition coefficient (Wildman–Crippen LogP) is 4.79.